The normalized spacial score (nSPS) is 16.0. The Morgan fingerprint density at radius 2 is 2.11 bits per heavy atom. The number of nitrogens with two attached hydrogens (primary N) is 1. The van der Waals surface area contributed by atoms with E-state index in [1.807, 2.05) is 6.07 Å². The van der Waals surface area contributed by atoms with Crippen molar-refractivity contribution in [2.24, 2.45) is 10.7 Å². The Hall–Kier alpha value is -3.88. The van der Waals surface area contributed by atoms with E-state index < -0.39 is 11.7 Å². The molecule has 1 saturated heterocycles. The lowest BCUT2D eigenvalue weighted by atomic mass is 10.1. The van der Waals surface area contributed by atoms with Crippen molar-refractivity contribution >= 4 is 40.3 Å². The third-order valence-corrected chi connectivity index (χ3v) is 5.90. The van der Waals surface area contributed by atoms with Crippen molar-refractivity contribution in [3.05, 3.63) is 59.3 Å². The molecule has 3 N–H and O–H groups in total. The summed E-state index contributed by atoms with van der Waals surface area (Å²) in [5.41, 5.74) is 7.56. The molecule has 4 heterocycles. The molecule has 0 aliphatic carbocycles. The van der Waals surface area contributed by atoms with E-state index in [2.05, 4.69) is 35.9 Å². The Morgan fingerprint density at radius 3 is 2.83 bits per heavy atom. The minimum atomic E-state index is -0.738. The van der Waals surface area contributed by atoms with E-state index in [0.717, 1.165) is 11.5 Å². The topological polar surface area (TPSA) is 140 Å². The molecule has 35 heavy (non-hydrogen) atoms. The SMILES string of the molecule is N#CCC(CN1CCN(C(=O)c2ncc(Cl)cc2F)CC1)N=CC(=CN)c1ncnc2[nH]ccc12. The molecule has 12 heteroatoms. The first-order valence-corrected chi connectivity index (χ1v) is 11.3. The van der Waals surface area contributed by atoms with Crippen molar-refractivity contribution < 1.29 is 9.18 Å². The lowest BCUT2D eigenvalue weighted by Gasteiger charge is -2.35. The first-order valence-electron chi connectivity index (χ1n) is 10.9. The summed E-state index contributed by atoms with van der Waals surface area (Å²) in [6.45, 7) is 2.47. The van der Waals surface area contributed by atoms with Gasteiger partial charge >= 0.3 is 0 Å². The molecule has 3 aromatic rings. The molecule has 180 valence electrons. The number of nitriles is 1. The first kappa shape index (κ1) is 24.3. The third-order valence-electron chi connectivity index (χ3n) is 5.70. The highest BCUT2D eigenvalue weighted by Crippen LogP contribution is 2.20. The Labute approximate surface area is 205 Å². The highest BCUT2D eigenvalue weighted by atomic mass is 35.5. The first-order chi connectivity index (χ1) is 17.0. The number of nitrogens with one attached hydrogen (secondary N) is 1. The third kappa shape index (κ3) is 5.62. The van der Waals surface area contributed by atoms with Gasteiger partial charge in [0.2, 0.25) is 0 Å². The van der Waals surface area contributed by atoms with E-state index >= 15 is 0 Å². The lowest BCUT2D eigenvalue weighted by molar-refractivity contribution is 0.0620. The van der Waals surface area contributed by atoms with Gasteiger partial charge in [-0.1, -0.05) is 11.6 Å². The number of hydrogen-bond donors (Lipinski definition) is 2. The van der Waals surface area contributed by atoms with Crippen LogP contribution in [0.2, 0.25) is 5.02 Å². The number of piperazine rings is 1. The summed E-state index contributed by atoms with van der Waals surface area (Å²) in [4.78, 5) is 36.3. The zero-order valence-corrected chi connectivity index (χ0v) is 19.5. The minimum Gasteiger partial charge on any atom is -0.404 e. The van der Waals surface area contributed by atoms with Crippen molar-refractivity contribution in [2.45, 2.75) is 12.5 Å². The molecule has 1 fully saturated rings. The summed E-state index contributed by atoms with van der Waals surface area (Å²) >= 11 is 5.72. The van der Waals surface area contributed by atoms with Gasteiger partial charge in [0.05, 0.1) is 29.2 Å². The highest BCUT2D eigenvalue weighted by molar-refractivity contribution is 6.30. The number of fused-ring (bicyclic) bond motifs is 1. The van der Waals surface area contributed by atoms with Gasteiger partial charge in [-0.25, -0.2) is 19.3 Å². The van der Waals surface area contributed by atoms with Gasteiger partial charge in [0, 0.05) is 68.5 Å². The molecule has 1 atom stereocenters. The van der Waals surface area contributed by atoms with E-state index in [-0.39, 0.29) is 23.2 Å². The van der Waals surface area contributed by atoms with Crippen LogP contribution in [-0.2, 0) is 0 Å². The molecule has 4 rings (SSSR count). The summed E-state index contributed by atoms with van der Waals surface area (Å²) in [5.74, 6) is -1.21. The molecule has 0 radical (unpaired) electrons. The van der Waals surface area contributed by atoms with Crippen molar-refractivity contribution in [3.8, 4) is 6.07 Å². The predicted molar refractivity (Wildman–Crippen MR) is 130 cm³/mol. The van der Waals surface area contributed by atoms with Crippen molar-refractivity contribution in [1.29, 1.82) is 5.26 Å². The molecule has 3 aromatic heterocycles. The van der Waals surface area contributed by atoms with Crippen LogP contribution in [0, 0.1) is 17.1 Å². The Balaban J connectivity index is 1.38. The number of carbonyl (C=O) groups is 1. The van der Waals surface area contributed by atoms with Crippen LogP contribution in [0.25, 0.3) is 16.6 Å². The summed E-state index contributed by atoms with van der Waals surface area (Å²) in [6.07, 6.45) is 7.75. The van der Waals surface area contributed by atoms with E-state index in [4.69, 9.17) is 17.3 Å². The van der Waals surface area contributed by atoms with Crippen LogP contribution in [0.4, 0.5) is 4.39 Å². The van der Waals surface area contributed by atoms with Gasteiger partial charge in [0.15, 0.2) is 11.5 Å². The monoisotopic (exact) mass is 495 g/mol. The molecule has 1 aliphatic rings. The van der Waals surface area contributed by atoms with Gasteiger partial charge < -0.3 is 15.6 Å². The van der Waals surface area contributed by atoms with Gasteiger partial charge in [-0.2, -0.15) is 5.26 Å². The van der Waals surface area contributed by atoms with Crippen molar-refractivity contribution in [2.75, 3.05) is 32.7 Å². The largest absolute Gasteiger partial charge is 0.404 e. The molecule has 10 nitrogen and oxygen atoms in total. The maximum absolute atomic E-state index is 14.1. The number of pyridine rings is 1. The fourth-order valence-corrected chi connectivity index (χ4v) is 4.04. The molecule has 1 aliphatic heterocycles. The Kier molecular flexibility index (Phi) is 7.64. The Morgan fingerprint density at radius 1 is 1.31 bits per heavy atom. The highest BCUT2D eigenvalue weighted by Gasteiger charge is 2.26. The van der Waals surface area contributed by atoms with Gasteiger partial charge in [-0.3, -0.25) is 14.7 Å². The zero-order chi connectivity index (χ0) is 24.8. The zero-order valence-electron chi connectivity index (χ0n) is 18.7. The second kappa shape index (κ2) is 11.0. The van der Waals surface area contributed by atoms with E-state index in [9.17, 15) is 14.4 Å². The maximum Gasteiger partial charge on any atom is 0.275 e. The predicted octanol–water partition coefficient (Wildman–Crippen LogP) is 2.26. The van der Waals surface area contributed by atoms with Gasteiger partial charge in [0.1, 0.15) is 12.0 Å². The lowest BCUT2D eigenvalue weighted by Crippen LogP contribution is -2.50. The number of allylic oxidation sites excluding steroid dienone is 1. The number of aromatic amines is 1. The fraction of sp³-hybridized carbons (Fsp3) is 0.304. The van der Waals surface area contributed by atoms with Crippen LogP contribution in [0.5, 0.6) is 0 Å². The minimum absolute atomic E-state index is 0.137. The molecule has 1 amide bonds. The van der Waals surface area contributed by atoms with E-state index in [1.165, 1.54) is 18.7 Å². The molecular weight excluding hydrogens is 473 g/mol. The number of carbonyl (C=O) groups excluding carboxylic acids is 1. The van der Waals surface area contributed by atoms with Gasteiger partial charge in [-0.05, 0) is 12.1 Å². The number of hydrogen-bond acceptors (Lipinski definition) is 8. The smallest absolute Gasteiger partial charge is 0.275 e. The van der Waals surface area contributed by atoms with Crippen molar-refractivity contribution in [3.63, 3.8) is 0 Å². The molecule has 0 saturated carbocycles. The Bertz CT molecular complexity index is 1310. The number of H-pyrrole nitrogens is 1. The average molecular weight is 496 g/mol. The van der Waals surface area contributed by atoms with Crippen LogP contribution in [0.3, 0.4) is 0 Å². The van der Waals surface area contributed by atoms with Crippen molar-refractivity contribution in [1.82, 2.24) is 29.7 Å². The van der Waals surface area contributed by atoms with Crippen LogP contribution in [-0.4, -0.2) is 80.6 Å². The van der Waals surface area contributed by atoms with Gasteiger partial charge in [-0.15, -0.1) is 0 Å². The summed E-state index contributed by atoms with van der Waals surface area (Å²) in [5, 5.41) is 10.3. The average Bonchev–Trinajstić information content (AvgIpc) is 3.34. The summed E-state index contributed by atoms with van der Waals surface area (Å²) in [7, 11) is 0. The molecular formula is C23H23ClFN9O. The molecule has 1 unspecified atom stereocenters. The summed E-state index contributed by atoms with van der Waals surface area (Å²) in [6, 6.07) is 4.82. The second-order valence-electron chi connectivity index (χ2n) is 7.96. The standard InChI is InChI=1S/C23H23ClFN9O/c24-16-9-19(25)21(30-12-16)23(35)34-7-5-33(6-8-34)13-17(1-3-26)29-11-15(10-27)20-18-2-4-28-22(18)32-14-31-20/h2,4,9-12,14,17H,1,5-8,13,27H2,(H,28,31,32). The van der Waals surface area contributed by atoms with E-state index in [1.54, 1.807) is 17.3 Å². The number of amides is 1. The number of nitrogens with zero attached hydrogens (tertiary/aromatic N) is 7. The quantitative estimate of drug-likeness (QED) is 0.479. The number of halogens is 2. The van der Waals surface area contributed by atoms with Gasteiger partial charge in [0.25, 0.3) is 5.91 Å². The maximum atomic E-state index is 14.1. The van der Waals surface area contributed by atoms with Crippen LogP contribution < -0.4 is 5.73 Å². The van der Waals surface area contributed by atoms with Crippen LogP contribution in [0.15, 0.2) is 42.0 Å². The molecule has 0 bridgehead atoms. The molecule has 0 aromatic carbocycles. The number of rotatable bonds is 7. The van der Waals surface area contributed by atoms with E-state index in [0.29, 0.717) is 49.6 Å². The number of aromatic nitrogens is 4. The fourth-order valence-electron chi connectivity index (χ4n) is 3.89. The van der Waals surface area contributed by atoms with Crippen LogP contribution >= 0.6 is 11.6 Å². The number of aliphatic imine (C=N–C) groups is 1. The van der Waals surface area contributed by atoms with Crippen LogP contribution in [0.1, 0.15) is 22.6 Å². The second-order valence-corrected chi connectivity index (χ2v) is 8.39. The molecule has 0 spiro atoms. The summed E-state index contributed by atoms with van der Waals surface area (Å²) < 4.78 is 14.1.